The van der Waals surface area contributed by atoms with Crippen LogP contribution in [0.15, 0.2) is 42.5 Å². The Kier molecular flexibility index (Phi) is 4.57. The van der Waals surface area contributed by atoms with Crippen molar-refractivity contribution < 1.29 is 14.5 Å². The van der Waals surface area contributed by atoms with Crippen LogP contribution in [0.3, 0.4) is 0 Å². The lowest BCUT2D eigenvalue weighted by atomic mass is 10.1. The summed E-state index contributed by atoms with van der Waals surface area (Å²) in [5.41, 5.74) is 5.86. The Morgan fingerprint density at radius 1 is 1.32 bits per heavy atom. The monoisotopic (exact) mass is 301 g/mol. The van der Waals surface area contributed by atoms with Gasteiger partial charge in [-0.15, -0.1) is 0 Å². The minimum Gasteiger partial charge on any atom is -0.492 e. The molecule has 0 atom stereocenters. The van der Waals surface area contributed by atoms with Crippen molar-refractivity contribution >= 4 is 23.0 Å². The van der Waals surface area contributed by atoms with Gasteiger partial charge in [0, 0.05) is 11.6 Å². The van der Waals surface area contributed by atoms with Crippen molar-refractivity contribution in [3.63, 3.8) is 0 Å². The number of carbonyl (C=O) groups is 1. The number of nitro benzene ring substituents is 1. The minimum absolute atomic E-state index is 0.0104. The third kappa shape index (κ3) is 3.32. The van der Waals surface area contributed by atoms with Gasteiger partial charge in [-0.3, -0.25) is 14.9 Å². The van der Waals surface area contributed by atoms with Gasteiger partial charge in [0.15, 0.2) is 0 Å². The van der Waals surface area contributed by atoms with Crippen molar-refractivity contribution in [2.75, 3.05) is 17.7 Å². The third-order valence-electron chi connectivity index (χ3n) is 2.92. The second-order valence-electron chi connectivity index (χ2n) is 4.41. The van der Waals surface area contributed by atoms with Crippen LogP contribution < -0.4 is 15.8 Å². The van der Waals surface area contributed by atoms with E-state index in [0.717, 1.165) is 6.07 Å². The van der Waals surface area contributed by atoms with Crippen molar-refractivity contribution in [3.8, 4) is 5.75 Å². The van der Waals surface area contributed by atoms with E-state index in [1.807, 2.05) is 6.92 Å². The second-order valence-corrected chi connectivity index (χ2v) is 4.41. The van der Waals surface area contributed by atoms with Gasteiger partial charge < -0.3 is 15.8 Å². The largest absolute Gasteiger partial charge is 0.492 e. The Balaban J connectivity index is 2.26. The summed E-state index contributed by atoms with van der Waals surface area (Å²) in [6.45, 7) is 2.29. The zero-order chi connectivity index (χ0) is 16.1. The molecule has 0 bridgehead atoms. The number of hydrogen-bond acceptors (Lipinski definition) is 5. The zero-order valence-electron chi connectivity index (χ0n) is 11.9. The number of benzene rings is 2. The van der Waals surface area contributed by atoms with Crippen molar-refractivity contribution in [3.05, 3.63) is 58.1 Å². The van der Waals surface area contributed by atoms with E-state index in [1.54, 1.807) is 24.3 Å². The van der Waals surface area contributed by atoms with Crippen LogP contribution in [0.4, 0.5) is 17.1 Å². The molecule has 0 aliphatic rings. The van der Waals surface area contributed by atoms with Gasteiger partial charge in [0.05, 0.1) is 17.2 Å². The number of ether oxygens (including phenoxy) is 1. The first-order valence-corrected chi connectivity index (χ1v) is 6.60. The van der Waals surface area contributed by atoms with E-state index in [-0.39, 0.29) is 16.9 Å². The van der Waals surface area contributed by atoms with Crippen molar-refractivity contribution in [1.82, 2.24) is 0 Å². The van der Waals surface area contributed by atoms with E-state index in [2.05, 4.69) is 5.32 Å². The summed E-state index contributed by atoms with van der Waals surface area (Å²) >= 11 is 0. The van der Waals surface area contributed by atoms with Gasteiger partial charge in [0.25, 0.3) is 11.6 Å². The Morgan fingerprint density at radius 2 is 2.05 bits per heavy atom. The lowest BCUT2D eigenvalue weighted by Crippen LogP contribution is -2.13. The van der Waals surface area contributed by atoms with Crippen LogP contribution in [0.2, 0.25) is 0 Å². The first-order valence-electron chi connectivity index (χ1n) is 6.60. The van der Waals surface area contributed by atoms with Gasteiger partial charge >= 0.3 is 0 Å². The maximum absolute atomic E-state index is 12.2. The molecule has 0 saturated carbocycles. The van der Waals surface area contributed by atoms with Crippen LogP contribution in [0.1, 0.15) is 17.3 Å². The minimum atomic E-state index is -0.625. The number of carbonyl (C=O) groups excluding carboxylic acids is 1. The number of anilines is 2. The molecule has 0 saturated heterocycles. The summed E-state index contributed by atoms with van der Waals surface area (Å²) in [7, 11) is 0. The highest BCUT2D eigenvalue weighted by Gasteiger charge is 2.16. The summed E-state index contributed by atoms with van der Waals surface area (Å²) in [5, 5.41) is 13.5. The van der Waals surface area contributed by atoms with Crippen molar-refractivity contribution in [1.29, 1.82) is 0 Å². The van der Waals surface area contributed by atoms with Crippen LogP contribution in [0, 0.1) is 10.1 Å². The fourth-order valence-electron chi connectivity index (χ4n) is 1.89. The molecule has 114 valence electrons. The van der Waals surface area contributed by atoms with Gasteiger partial charge in [-0.1, -0.05) is 12.1 Å². The molecule has 0 fully saturated rings. The van der Waals surface area contributed by atoms with Crippen LogP contribution in [-0.4, -0.2) is 17.4 Å². The highest BCUT2D eigenvalue weighted by atomic mass is 16.6. The van der Waals surface area contributed by atoms with Crippen LogP contribution in [0.25, 0.3) is 0 Å². The topological polar surface area (TPSA) is 107 Å². The number of nitrogen functional groups attached to an aromatic ring is 1. The maximum Gasteiger partial charge on any atom is 0.292 e. The molecule has 0 aliphatic heterocycles. The maximum atomic E-state index is 12.2. The molecule has 0 aromatic heterocycles. The Morgan fingerprint density at radius 3 is 2.73 bits per heavy atom. The van der Waals surface area contributed by atoms with Gasteiger partial charge in [0.1, 0.15) is 11.4 Å². The molecule has 2 aromatic carbocycles. The molecular formula is C15H15N3O4. The summed E-state index contributed by atoms with van der Waals surface area (Å²) in [4.78, 5) is 22.5. The fraction of sp³-hybridized carbons (Fsp3) is 0.133. The molecule has 0 heterocycles. The molecule has 1 amide bonds. The van der Waals surface area contributed by atoms with Crippen LogP contribution in [0.5, 0.6) is 5.75 Å². The zero-order valence-corrected chi connectivity index (χ0v) is 11.9. The average Bonchev–Trinajstić information content (AvgIpc) is 2.49. The molecule has 0 radical (unpaired) electrons. The van der Waals surface area contributed by atoms with E-state index < -0.39 is 10.8 Å². The first-order chi connectivity index (χ1) is 10.5. The van der Waals surface area contributed by atoms with Crippen LogP contribution in [-0.2, 0) is 0 Å². The number of nitro groups is 1. The van der Waals surface area contributed by atoms with E-state index >= 15 is 0 Å². The van der Waals surface area contributed by atoms with E-state index in [4.69, 9.17) is 10.5 Å². The summed E-state index contributed by atoms with van der Waals surface area (Å²) in [6, 6.07) is 10.9. The number of rotatable bonds is 5. The second kappa shape index (κ2) is 6.57. The quantitative estimate of drug-likeness (QED) is 0.501. The molecule has 22 heavy (non-hydrogen) atoms. The molecule has 2 aromatic rings. The predicted molar refractivity (Wildman–Crippen MR) is 83.1 cm³/mol. The first kappa shape index (κ1) is 15.3. The number of amides is 1. The fourth-order valence-corrected chi connectivity index (χ4v) is 1.89. The molecule has 0 unspecified atom stereocenters. The van der Waals surface area contributed by atoms with E-state index in [9.17, 15) is 14.9 Å². The molecule has 7 nitrogen and oxygen atoms in total. The van der Waals surface area contributed by atoms with Crippen molar-refractivity contribution in [2.24, 2.45) is 0 Å². The predicted octanol–water partition coefficient (Wildman–Crippen LogP) is 2.83. The lowest BCUT2D eigenvalue weighted by Gasteiger charge is -2.11. The highest BCUT2D eigenvalue weighted by molar-refractivity contribution is 6.05. The molecule has 0 spiro atoms. The van der Waals surface area contributed by atoms with Gasteiger partial charge in [-0.25, -0.2) is 0 Å². The SMILES string of the molecule is CCOc1ccccc1NC(=O)c1ccc(N)c([N+](=O)[O-])c1. The third-order valence-corrected chi connectivity index (χ3v) is 2.92. The summed E-state index contributed by atoms with van der Waals surface area (Å²) in [5.74, 6) is 0.0542. The Bertz CT molecular complexity index is 716. The number of para-hydroxylation sites is 2. The molecule has 3 N–H and O–H groups in total. The summed E-state index contributed by atoms with van der Waals surface area (Å²) in [6.07, 6.45) is 0. The van der Waals surface area contributed by atoms with Gasteiger partial charge in [-0.05, 0) is 31.2 Å². The van der Waals surface area contributed by atoms with Crippen molar-refractivity contribution in [2.45, 2.75) is 6.92 Å². The van der Waals surface area contributed by atoms with E-state index in [0.29, 0.717) is 18.0 Å². The molecule has 7 heteroatoms. The molecule has 0 aliphatic carbocycles. The van der Waals surface area contributed by atoms with Crippen LogP contribution >= 0.6 is 0 Å². The van der Waals surface area contributed by atoms with Gasteiger partial charge in [0.2, 0.25) is 0 Å². The average molecular weight is 301 g/mol. The summed E-state index contributed by atoms with van der Waals surface area (Å²) < 4.78 is 5.41. The number of nitrogens with zero attached hydrogens (tertiary/aromatic N) is 1. The molecule has 2 rings (SSSR count). The number of nitrogens with one attached hydrogen (secondary N) is 1. The normalized spacial score (nSPS) is 10.0. The number of hydrogen-bond donors (Lipinski definition) is 2. The standard InChI is InChI=1S/C15H15N3O4/c1-2-22-14-6-4-3-5-12(14)17-15(19)10-7-8-11(16)13(9-10)18(20)21/h3-9H,2,16H2,1H3,(H,17,19). The lowest BCUT2D eigenvalue weighted by molar-refractivity contribution is -0.383. The Hall–Kier alpha value is -3.09. The Labute approximate surface area is 126 Å². The molecular weight excluding hydrogens is 286 g/mol. The van der Waals surface area contributed by atoms with E-state index in [1.165, 1.54) is 12.1 Å². The number of nitrogens with two attached hydrogens (primary N) is 1. The highest BCUT2D eigenvalue weighted by Crippen LogP contribution is 2.26. The smallest absolute Gasteiger partial charge is 0.292 e. The van der Waals surface area contributed by atoms with Gasteiger partial charge in [-0.2, -0.15) is 0 Å².